The van der Waals surface area contributed by atoms with Crippen molar-refractivity contribution in [1.82, 2.24) is 0 Å². The van der Waals surface area contributed by atoms with Crippen LogP contribution in [0.15, 0.2) is 30.4 Å². The molecule has 9 nitrogen and oxygen atoms in total. The monoisotopic (exact) mass is 544 g/mol. The molecule has 0 bridgehead atoms. The van der Waals surface area contributed by atoms with E-state index in [4.69, 9.17) is 28.4 Å². The smallest absolute Gasteiger partial charge is 0.330 e. The molecule has 1 aromatic rings. The summed E-state index contributed by atoms with van der Waals surface area (Å²) in [6.07, 6.45) is 11.2. The summed E-state index contributed by atoms with van der Waals surface area (Å²) in [5, 5.41) is 10.7. The van der Waals surface area contributed by atoms with E-state index in [0.717, 1.165) is 43.6 Å². The normalized spacial score (nSPS) is 29.7. The summed E-state index contributed by atoms with van der Waals surface area (Å²) in [5.74, 6) is -0.0599. The summed E-state index contributed by atoms with van der Waals surface area (Å²) in [6.45, 7) is 1.70. The minimum absolute atomic E-state index is 0.308. The van der Waals surface area contributed by atoms with Gasteiger partial charge >= 0.3 is 11.9 Å². The van der Waals surface area contributed by atoms with Gasteiger partial charge in [-0.15, -0.1) is 0 Å². The van der Waals surface area contributed by atoms with Gasteiger partial charge in [0.15, 0.2) is 17.3 Å². The number of fused-ring (bicyclic) bond motifs is 2. The first-order chi connectivity index (χ1) is 18.9. The Labute approximate surface area is 229 Å². The zero-order valence-electron chi connectivity index (χ0n) is 22.7. The van der Waals surface area contributed by atoms with Gasteiger partial charge in [0.05, 0.1) is 12.2 Å². The molecule has 5 rings (SSSR count). The lowest BCUT2D eigenvalue weighted by atomic mass is 9.91. The Morgan fingerprint density at radius 2 is 1.87 bits per heavy atom. The maximum atomic E-state index is 11.7. The van der Waals surface area contributed by atoms with Gasteiger partial charge in [-0.05, 0) is 49.5 Å². The maximum absolute atomic E-state index is 11.7. The number of aryl methyl sites for hydroxylation is 1. The average Bonchev–Trinajstić information content (AvgIpc) is 3.48. The number of aliphatic hydroxyl groups excluding tert-OH is 1. The molecule has 2 fully saturated rings. The largest absolute Gasteiger partial charge is 0.462 e. The highest BCUT2D eigenvalue weighted by molar-refractivity contribution is 5.83. The molecule has 4 aliphatic rings. The van der Waals surface area contributed by atoms with E-state index in [1.165, 1.54) is 31.4 Å². The third-order valence-electron chi connectivity index (χ3n) is 7.92. The number of rotatable bonds is 12. The molecule has 0 saturated carbocycles. The molecule has 4 heterocycles. The molecule has 1 aromatic carbocycles. The van der Waals surface area contributed by atoms with Crippen molar-refractivity contribution in [2.75, 3.05) is 6.79 Å². The van der Waals surface area contributed by atoms with Gasteiger partial charge in [-0.3, -0.25) is 4.79 Å². The lowest BCUT2D eigenvalue weighted by Crippen LogP contribution is -2.48. The van der Waals surface area contributed by atoms with Crippen LogP contribution in [0.25, 0.3) is 0 Å². The predicted molar refractivity (Wildman–Crippen MR) is 140 cm³/mol. The van der Waals surface area contributed by atoms with Gasteiger partial charge in [0.1, 0.15) is 18.3 Å². The zero-order valence-corrected chi connectivity index (χ0v) is 22.7. The maximum Gasteiger partial charge on any atom is 0.330 e. The molecule has 0 unspecified atom stereocenters. The van der Waals surface area contributed by atoms with Crippen molar-refractivity contribution in [1.29, 1.82) is 0 Å². The standard InChI is InChI=1S/C30H40O9/c1-20(31)36-24-16-23(38-30(17-24)18-28-26(39-30)12-13-29(33)37-28)15-22(32)9-7-5-3-2-4-6-8-21-10-11-25-27(14-21)35-19-34-25/h10-14,22-24,26,28,32H,2-9,15-19H2,1H3/t22-,23-,24-,26-,28-,30+/m0/s1. The summed E-state index contributed by atoms with van der Waals surface area (Å²) in [4.78, 5) is 23.3. The Morgan fingerprint density at radius 1 is 1.08 bits per heavy atom. The van der Waals surface area contributed by atoms with Gasteiger partial charge in [-0.2, -0.15) is 0 Å². The summed E-state index contributed by atoms with van der Waals surface area (Å²) >= 11 is 0. The molecule has 9 heteroatoms. The van der Waals surface area contributed by atoms with Crippen LogP contribution < -0.4 is 9.47 Å². The van der Waals surface area contributed by atoms with Crippen molar-refractivity contribution in [3.05, 3.63) is 35.9 Å². The van der Waals surface area contributed by atoms with Crippen LogP contribution in [0, 0.1) is 0 Å². The molecular formula is C30H40O9. The summed E-state index contributed by atoms with van der Waals surface area (Å²) in [7, 11) is 0. The van der Waals surface area contributed by atoms with Crippen molar-refractivity contribution < 1.29 is 43.1 Å². The van der Waals surface area contributed by atoms with E-state index in [1.807, 2.05) is 6.07 Å². The van der Waals surface area contributed by atoms with Crippen molar-refractivity contribution in [3.63, 3.8) is 0 Å². The number of hydrogen-bond donors (Lipinski definition) is 1. The van der Waals surface area contributed by atoms with Crippen molar-refractivity contribution in [3.8, 4) is 11.5 Å². The molecule has 0 aromatic heterocycles. The van der Waals surface area contributed by atoms with Crippen LogP contribution in [0.1, 0.15) is 83.1 Å². The Hall–Kier alpha value is -2.62. The highest BCUT2D eigenvalue weighted by Gasteiger charge is 2.54. The van der Waals surface area contributed by atoms with E-state index in [0.29, 0.717) is 38.9 Å². The van der Waals surface area contributed by atoms with E-state index < -0.39 is 18.0 Å². The van der Waals surface area contributed by atoms with Crippen molar-refractivity contribution in [2.24, 2.45) is 0 Å². The van der Waals surface area contributed by atoms with Crippen molar-refractivity contribution in [2.45, 2.75) is 120 Å². The SMILES string of the molecule is CC(=O)O[C@H]1C[C@H](C[C@@H](O)CCCCCCCCc2ccc3c(c2)OCO3)O[C@@]2(C1)C[C@@H]1OC(=O)C=C[C@@H]1O2. The van der Waals surface area contributed by atoms with Crippen LogP contribution in [0.2, 0.25) is 0 Å². The molecule has 214 valence electrons. The van der Waals surface area contributed by atoms with Crippen LogP contribution in [0.4, 0.5) is 0 Å². The number of hydrogen-bond acceptors (Lipinski definition) is 9. The Kier molecular flexibility index (Phi) is 9.10. The van der Waals surface area contributed by atoms with Gasteiger partial charge in [-0.25, -0.2) is 4.79 Å². The number of ether oxygens (including phenoxy) is 6. The minimum Gasteiger partial charge on any atom is -0.462 e. The molecule has 0 radical (unpaired) electrons. The molecule has 4 aliphatic heterocycles. The Balaban J connectivity index is 0.995. The third kappa shape index (κ3) is 7.52. The van der Waals surface area contributed by atoms with Crippen LogP contribution in [0.3, 0.4) is 0 Å². The first-order valence-electron chi connectivity index (χ1n) is 14.4. The summed E-state index contributed by atoms with van der Waals surface area (Å²) in [6, 6.07) is 6.17. The molecule has 2 saturated heterocycles. The van der Waals surface area contributed by atoms with E-state index in [-0.39, 0.29) is 30.3 Å². The molecule has 0 aliphatic carbocycles. The van der Waals surface area contributed by atoms with Crippen LogP contribution in [0.5, 0.6) is 11.5 Å². The minimum atomic E-state index is -0.992. The number of carbonyl (C=O) groups is 2. The molecule has 6 atom stereocenters. The summed E-state index contributed by atoms with van der Waals surface area (Å²) in [5.41, 5.74) is 1.28. The highest BCUT2D eigenvalue weighted by Crippen LogP contribution is 2.44. The lowest BCUT2D eigenvalue weighted by molar-refractivity contribution is -0.286. The Bertz CT molecular complexity index is 1040. The topological polar surface area (TPSA) is 110 Å². The zero-order chi connectivity index (χ0) is 27.2. The molecule has 1 N–H and O–H groups in total. The van der Waals surface area contributed by atoms with Crippen LogP contribution >= 0.6 is 0 Å². The fourth-order valence-electron chi connectivity index (χ4n) is 6.16. The van der Waals surface area contributed by atoms with Crippen LogP contribution in [-0.2, 0) is 35.0 Å². The lowest BCUT2D eigenvalue weighted by Gasteiger charge is -2.41. The second-order valence-corrected chi connectivity index (χ2v) is 11.2. The predicted octanol–water partition coefficient (Wildman–Crippen LogP) is 4.52. The van der Waals surface area contributed by atoms with Crippen molar-refractivity contribution >= 4 is 11.9 Å². The van der Waals surface area contributed by atoms with Crippen LogP contribution in [-0.4, -0.2) is 60.1 Å². The van der Waals surface area contributed by atoms with Gasteiger partial charge in [-0.1, -0.05) is 38.2 Å². The van der Waals surface area contributed by atoms with Gasteiger partial charge < -0.3 is 33.5 Å². The quantitative estimate of drug-likeness (QED) is 0.300. The van der Waals surface area contributed by atoms with Gasteiger partial charge in [0.25, 0.3) is 0 Å². The van der Waals surface area contributed by atoms with E-state index in [1.54, 1.807) is 6.08 Å². The molecule has 39 heavy (non-hydrogen) atoms. The third-order valence-corrected chi connectivity index (χ3v) is 7.92. The second-order valence-electron chi connectivity index (χ2n) is 11.2. The number of unbranched alkanes of at least 4 members (excludes halogenated alkanes) is 5. The summed E-state index contributed by atoms with van der Waals surface area (Å²) < 4.78 is 34.3. The van der Waals surface area contributed by atoms with Gasteiger partial charge in [0.2, 0.25) is 6.79 Å². The fraction of sp³-hybridized carbons (Fsp3) is 0.667. The molecule has 1 spiro atoms. The first kappa shape index (κ1) is 27.9. The molecule has 0 amide bonds. The average molecular weight is 545 g/mol. The number of esters is 2. The number of benzene rings is 1. The molecular weight excluding hydrogens is 504 g/mol. The number of aliphatic hydroxyl groups is 1. The van der Waals surface area contributed by atoms with E-state index in [2.05, 4.69) is 12.1 Å². The fourth-order valence-corrected chi connectivity index (χ4v) is 6.16. The van der Waals surface area contributed by atoms with Gasteiger partial charge in [0, 0.05) is 32.3 Å². The second kappa shape index (κ2) is 12.7. The Morgan fingerprint density at radius 3 is 2.72 bits per heavy atom. The highest BCUT2D eigenvalue weighted by atomic mass is 16.7. The van der Waals surface area contributed by atoms with E-state index in [9.17, 15) is 14.7 Å². The van der Waals surface area contributed by atoms with E-state index >= 15 is 0 Å². The number of carbonyl (C=O) groups excluding carboxylic acids is 2. The first-order valence-corrected chi connectivity index (χ1v) is 14.4.